The van der Waals surface area contributed by atoms with Gasteiger partial charge in [0.2, 0.25) is 5.91 Å². The summed E-state index contributed by atoms with van der Waals surface area (Å²) in [6.45, 7) is 7.28. The van der Waals surface area contributed by atoms with Crippen molar-refractivity contribution < 1.29 is 9.53 Å². The molecule has 3 rings (SSSR count). The van der Waals surface area contributed by atoms with Gasteiger partial charge in [0, 0.05) is 31.9 Å². The summed E-state index contributed by atoms with van der Waals surface area (Å²) in [5.74, 6) is 2.62. The summed E-state index contributed by atoms with van der Waals surface area (Å²) < 4.78 is 7.29. The van der Waals surface area contributed by atoms with Crippen molar-refractivity contribution in [1.82, 2.24) is 25.1 Å². The fourth-order valence-electron chi connectivity index (χ4n) is 4.08. The number of hydrogen-bond acceptors (Lipinski definition) is 7. The van der Waals surface area contributed by atoms with Gasteiger partial charge in [-0.3, -0.25) is 4.79 Å². The van der Waals surface area contributed by atoms with Gasteiger partial charge in [0.15, 0.2) is 10.8 Å². The van der Waals surface area contributed by atoms with Crippen LogP contribution < -0.4 is 10.6 Å². The first-order valence-corrected chi connectivity index (χ1v) is 13.1. The molecule has 1 aliphatic carbocycles. The summed E-state index contributed by atoms with van der Waals surface area (Å²) >= 11 is 1.65. The normalized spacial score (nSPS) is 14.7. The largest absolute Gasteiger partial charge is 0.380 e. The number of carbonyl (C=O) groups excluding carboxylic acids is 1. The molecule has 1 amide bonds. The van der Waals surface area contributed by atoms with Crippen molar-refractivity contribution in [3.8, 4) is 0 Å². The van der Waals surface area contributed by atoms with Crippen LogP contribution >= 0.6 is 11.8 Å². The third-order valence-corrected chi connectivity index (χ3v) is 6.86. The van der Waals surface area contributed by atoms with Gasteiger partial charge in [0.05, 0.1) is 24.7 Å². The van der Waals surface area contributed by atoms with Crippen LogP contribution in [-0.2, 0) is 16.1 Å². The molecule has 1 saturated carbocycles. The maximum Gasteiger partial charge on any atom is 0.220 e. The van der Waals surface area contributed by atoms with Crippen LogP contribution in [0.2, 0.25) is 0 Å². The van der Waals surface area contributed by atoms with E-state index in [0.29, 0.717) is 39.3 Å². The second-order valence-corrected chi connectivity index (χ2v) is 9.39. The van der Waals surface area contributed by atoms with Gasteiger partial charge in [0.25, 0.3) is 0 Å². The van der Waals surface area contributed by atoms with Gasteiger partial charge >= 0.3 is 0 Å². The quantitative estimate of drug-likeness (QED) is 0.246. The first-order valence-electron chi connectivity index (χ1n) is 12.2. The molecule has 32 heavy (non-hydrogen) atoms. The van der Waals surface area contributed by atoms with E-state index < -0.39 is 0 Å². The van der Waals surface area contributed by atoms with Crippen molar-refractivity contribution in [3.63, 3.8) is 0 Å². The predicted molar refractivity (Wildman–Crippen MR) is 130 cm³/mol. The molecule has 178 valence electrons. The SMILES string of the molecule is CCCSc1nc(NCCOCC)c2cnn(CCNC(=O)CCC3CCCCC3)c2n1. The summed E-state index contributed by atoms with van der Waals surface area (Å²) in [6.07, 6.45) is 11.1. The zero-order valence-electron chi connectivity index (χ0n) is 19.6. The molecule has 2 heterocycles. The third kappa shape index (κ3) is 7.62. The molecule has 8 nitrogen and oxygen atoms in total. The van der Waals surface area contributed by atoms with E-state index >= 15 is 0 Å². The molecule has 0 unspecified atom stereocenters. The Balaban J connectivity index is 1.57. The molecule has 2 aromatic heterocycles. The smallest absolute Gasteiger partial charge is 0.220 e. The number of aromatic nitrogens is 4. The van der Waals surface area contributed by atoms with Crippen LogP contribution in [0.15, 0.2) is 11.4 Å². The molecule has 2 N–H and O–H groups in total. The van der Waals surface area contributed by atoms with Crippen molar-refractivity contribution >= 4 is 34.5 Å². The van der Waals surface area contributed by atoms with E-state index in [9.17, 15) is 4.79 Å². The number of nitrogens with one attached hydrogen (secondary N) is 2. The third-order valence-electron chi connectivity index (χ3n) is 5.80. The average molecular weight is 463 g/mol. The maximum atomic E-state index is 12.3. The van der Waals surface area contributed by atoms with Crippen LogP contribution in [0, 0.1) is 5.92 Å². The molecule has 1 aliphatic rings. The molecular weight excluding hydrogens is 424 g/mol. The summed E-state index contributed by atoms with van der Waals surface area (Å²) in [4.78, 5) is 21.7. The molecule has 0 saturated heterocycles. The van der Waals surface area contributed by atoms with Crippen LogP contribution in [0.4, 0.5) is 5.82 Å². The lowest BCUT2D eigenvalue weighted by molar-refractivity contribution is -0.121. The Morgan fingerprint density at radius 1 is 1.22 bits per heavy atom. The fourth-order valence-corrected chi connectivity index (χ4v) is 4.77. The van der Waals surface area contributed by atoms with Crippen LogP contribution in [-0.4, -0.2) is 57.7 Å². The molecule has 9 heteroatoms. The zero-order chi connectivity index (χ0) is 22.6. The molecule has 0 radical (unpaired) electrons. The number of hydrogen-bond donors (Lipinski definition) is 2. The molecule has 0 spiro atoms. The van der Waals surface area contributed by atoms with E-state index in [1.54, 1.807) is 18.0 Å². The van der Waals surface area contributed by atoms with Gasteiger partial charge in [-0.15, -0.1) is 0 Å². The summed E-state index contributed by atoms with van der Waals surface area (Å²) in [7, 11) is 0. The topological polar surface area (TPSA) is 94.0 Å². The molecule has 1 fully saturated rings. The van der Waals surface area contributed by atoms with Gasteiger partial charge in [-0.1, -0.05) is 50.8 Å². The number of ether oxygens (including phenoxy) is 1. The predicted octanol–water partition coefficient (Wildman–Crippen LogP) is 4.25. The molecule has 0 aliphatic heterocycles. The summed E-state index contributed by atoms with van der Waals surface area (Å²) in [5, 5.41) is 12.6. The molecule has 0 bridgehead atoms. The van der Waals surface area contributed by atoms with E-state index in [0.717, 1.165) is 46.5 Å². The van der Waals surface area contributed by atoms with Gasteiger partial charge in [0.1, 0.15) is 5.82 Å². The van der Waals surface area contributed by atoms with Crippen molar-refractivity contribution in [3.05, 3.63) is 6.20 Å². The molecule has 2 aromatic rings. The molecular formula is C23H38N6O2S. The van der Waals surface area contributed by atoms with E-state index in [2.05, 4.69) is 27.6 Å². The number of carbonyl (C=O) groups is 1. The molecule has 0 atom stereocenters. The Labute approximate surface area is 195 Å². The van der Waals surface area contributed by atoms with Crippen molar-refractivity contribution in [2.45, 2.75) is 76.9 Å². The van der Waals surface area contributed by atoms with Crippen LogP contribution in [0.1, 0.15) is 65.2 Å². The standard InChI is InChI=1S/C23H38N6O2S/c1-3-16-32-23-27-21(25-13-15-31-4-2)19-17-26-29(22(19)28-23)14-12-24-20(30)11-10-18-8-6-5-7-9-18/h17-18H,3-16H2,1-2H3,(H,24,30)(H,25,27,28). The lowest BCUT2D eigenvalue weighted by Crippen LogP contribution is -2.28. The number of anilines is 1. The van der Waals surface area contributed by atoms with Crippen molar-refractivity contribution in [2.24, 2.45) is 5.92 Å². The maximum absolute atomic E-state index is 12.3. The lowest BCUT2D eigenvalue weighted by atomic mass is 9.86. The average Bonchev–Trinajstić information content (AvgIpc) is 3.23. The first kappa shape index (κ1) is 24.8. The Bertz CT molecular complexity index is 837. The Morgan fingerprint density at radius 3 is 2.84 bits per heavy atom. The molecule has 0 aromatic carbocycles. The summed E-state index contributed by atoms with van der Waals surface area (Å²) in [5.41, 5.74) is 0.800. The Morgan fingerprint density at radius 2 is 2.06 bits per heavy atom. The van der Waals surface area contributed by atoms with E-state index in [-0.39, 0.29) is 5.91 Å². The van der Waals surface area contributed by atoms with Crippen LogP contribution in [0.5, 0.6) is 0 Å². The second kappa shape index (κ2) is 13.6. The highest BCUT2D eigenvalue weighted by Crippen LogP contribution is 2.27. The van der Waals surface area contributed by atoms with Gasteiger partial charge in [-0.25, -0.2) is 14.6 Å². The van der Waals surface area contributed by atoms with Gasteiger partial charge in [-0.2, -0.15) is 5.10 Å². The van der Waals surface area contributed by atoms with Crippen molar-refractivity contribution in [1.29, 1.82) is 0 Å². The second-order valence-electron chi connectivity index (χ2n) is 8.32. The van der Waals surface area contributed by atoms with Crippen molar-refractivity contribution in [2.75, 3.05) is 37.4 Å². The summed E-state index contributed by atoms with van der Waals surface area (Å²) in [6, 6.07) is 0. The highest BCUT2D eigenvalue weighted by Gasteiger charge is 2.16. The fraction of sp³-hybridized carbons (Fsp3) is 0.739. The minimum atomic E-state index is 0.138. The van der Waals surface area contributed by atoms with E-state index in [1.807, 2.05) is 11.6 Å². The first-order chi connectivity index (χ1) is 15.7. The van der Waals surface area contributed by atoms with Crippen LogP contribution in [0.25, 0.3) is 11.0 Å². The Hall–Kier alpha value is -1.87. The number of fused-ring (bicyclic) bond motifs is 1. The van der Waals surface area contributed by atoms with Crippen LogP contribution in [0.3, 0.4) is 0 Å². The monoisotopic (exact) mass is 462 g/mol. The minimum Gasteiger partial charge on any atom is -0.380 e. The number of nitrogens with zero attached hydrogens (tertiary/aromatic N) is 4. The minimum absolute atomic E-state index is 0.138. The van der Waals surface area contributed by atoms with E-state index in [1.165, 1.54) is 32.1 Å². The lowest BCUT2D eigenvalue weighted by Gasteiger charge is -2.20. The number of thioether (sulfide) groups is 1. The zero-order valence-corrected chi connectivity index (χ0v) is 20.4. The highest BCUT2D eigenvalue weighted by molar-refractivity contribution is 7.99. The number of amides is 1. The number of rotatable bonds is 14. The highest BCUT2D eigenvalue weighted by atomic mass is 32.2. The van der Waals surface area contributed by atoms with Gasteiger partial charge in [-0.05, 0) is 25.7 Å². The van der Waals surface area contributed by atoms with Gasteiger partial charge < -0.3 is 15.4 Å². The Kier molecular flexibility index (Phi) is 10.5. The van der Waals surface area contributed by atoms with E-state index in [4.69, 9.17) is 9.72 Å².